The molecular formula is C26H27F3N8O4S. The van der Waals surface area contributed by atoms with Crippen molar-refractivity contribution in [3.05, 3.63) is 72.4 Å². The molecule has 4 aromatic rings. The van der Waals surface area contributed by atoms with E-state index in [1.807, 2.05) is 25.5 Å². The molecule has 222 valence electrons. The summed E-state index contributed by atoms with van der Waals surface area (Å²) in [6, 6.07) is 8.99. The number of pyridine rings is 1. The molecule has 16 heteroatoms. The molecule has 0 saturated carbocycles. The largest absolute Gasteiger partial charge is 0.485 e. The van der Waals surface area contributed by atoms with Crippen LogP contribution in [-0.2, 0) is 22.2 Å². The fourth-order valence-corrected chi connectivity index (χ4v) is 4.87. The maximum atomic E-state index is 12.9. The number of aromatic nitrogens is 5. The zero-order valence-electron chi connectivity index (χ0n) is 22.7. The highest BCUT2D eigenvalue weighted by Crippen LogP contribution is 2.38. The fraction of sp³-hybridized carbons (Fsp3) is 0.269. The summed E-state index contributed by atoms with van der Waals surface area (Å²) < 4.78 is 72.5. The minimum atomic E-state index is -4.97. The van der Waals surface area contributed by atoms with Gasteiger partial charge in [0.1, 0.15) is 35.2 Å². The Hall–Kier alpha value is -4.73. The molecule has 3 heterocycles. The Labute approximate surface area is 239 Å². The lowest BCUT2D eigenvalue weighted by Crippen LogP contribution is -2.28. The van der Waals surface area contributed by atoms with Gasteiger partial charge in [-0.3, -0.25) is 19.5 Å². The minimum absolute atomic E-state index is 0.0170. The summed E-state index contributed by atoms with van der Waals surface area (Å²) in [7, 11) is -4.84. The molecule has 1 amide bonds. The second kappa shape index (κ2) is 11.6. The number of alkyl halides is 3. The highest BCUT2D eigenvalue weighted by molar-refractivity contribution is 7.92. The lowest BCUT2D eigenvalue weighted by Gasteiger charge is -2.22. The molecule has 42 heavy (non-hydrogen) atoms. The molecule has 0 aliphatic heterocycles. The number of carbonyl (C=O) groups is 1. The fourth-order valence-electron chi connectivity index (χ4n) is 3.87. The van der Waals surface area contributed by atoms with E-state index in [1.165, 1.54) is 47.7 Å². The maximum absolute atomic E-state index is 12.9. The molecule has 0 radical (unpaired) electrons. The van der Waals surface area contributed by atoms with Crippen molar-refractivity contribution >= 4 is 33.3 Å². The summed E-state index contributed by atoms with van der Waals surface area (Å²) in [5.74, 6) is -2.53. The van der Waals surface area contributed by atoms with Gasteiger partial charge in [0.05, 0.1) is 23.1 Å². The first-order valence-electron chi connectivity index (χ1n) is 12.3. The van der Waals surface area contributed by atoms with Crippen LogP contribution in [0.25, 0.3) is 11.3 Å². The molecule has 0 spiro atoms. The average Bonchev–Trinajstić information content (AvgIpc) is 3.27. The number of benzene rings is 1. The number of hydrogen-bond donors (Lipinski definition) is 3. The average molecular weight is 605 g/mol. The van der Waals surface area contributed by atoms with Gasteiger partial charge < -0.3 is 15.8 Å². The van der Waals surface area contributed by atoms with Crippen LogP contribution < -0.4 is 20.5 Å². The third-order valence-corrected chi connectivity index (χ3v) is 6.79. The van der Waals surface area contributed by atoms with Crippen LogP contribution in [-0.4, -0.2) is 51.0 Å². The number of nitrogens with zero attached hydrogens (tertiary/aromatic N) is 5. The Balaban J connectivity index is 1.84. The summed E-state index contributed by atoms with van der Waals surface area (Å²) in [5, 5.41) is 7.66. The Morgan fingerprint density at radius 1 is 1.07 bits per heavy atom. The van der Waals surface area contributed by atoms with Gasteiger partial charge in [0, 0.05) is 24.2 Å². The number of rotatable bonds is 10. The van der Waals surface area contributed by atoms with Crippen molar-refractivity contribution in [2.24, 2.45) is 5.73 Å². The summed E-state index contributed by atoms with van der Waals surface area (Å²) >= 11 is 0. The van der Waals surface area contributed by atoms with E-state index < -0.39 is 33.4 Å². The third kappa shape index (κ3) is 7.51. The summed E-state index contributed by atoms with van der Waals surface area (Å²) in [4.78, 5) is 25.1. The smallest absolute Gasteiger partial charge is 0.404 e. The van der Waals surface area contributed by atoms with Crippen LogP contribution in [0.5, 0.6) is 5.75 Å². The van der Waals surface area contributed by atoms with E-state index in [0.717, 1.165) is 0 Å². The molecular weight excluding hydrogens is 577 g/mol. The van der Waals surface area contributed by atoms with Crippen LogP contribution in [0.2, 0.25) is 0 Å². The number of nitrogens with one attached hydrogen (secondary N) is 2. The number of nitrogens with two attached hydrogens (primary N) is 1. The molecule has 0 atom stereocenters. The van der Waals surface area contributed by atoms with Gasteiger partial charge in [-0.2, -0.15) is 18.3 Å². The number of carbonyl (C=O) groups excluding carboxylic acids is 1. The number of amides is 1. The highest BCUT2D eigenvalue weighted by atomic mass is 32.2. The Kier molecular flexibility index (Phi) is 8.38. The first-order chi connectivity index (χ1) is 19.6. The zero-order valence-corrected chi connectivity index (χ0v) is 23.5. The van der Waals surface area contributed by atoms with Crippen molar-refractivity contribution in [3.63, 3.8) is 0 Å². The normalized spacial score (nSPS) is 12.1. The van der Waals surface area contributed by atoms with E-state index in [-0.39, 0.29) is 40.7 Å². The van der Waals surface area contributed by atoms with E-state index in [4.69, 9.17) is 10.5 Å². The number of sulfonamides is 1. The first kappa shape index (κ1) is 30.2. The second-order valence-corrected chi connectivity index (χ2v) is 11.8. The van der Waals surface area contributed by atoms with Crippen LogP contribution in [0.3, 0.4) is 0 Å². The minimum Gasteiger partial charge on any atom is -0.485 e. The number of halogens is 3. The molecule has 12 nitrogen and oxygen atoms in total. The monoisotopic (exact) mass is 604 g/mol. The summed E-state index contributed by atoms with van der Waals surface area (Å²) in [6.45, 7) is 5.39. The number of anilines is 3. The molecule has 0 aliphatic rings. The highest BCUT2D eigenvalue weighted by Gasteiger charge is 2.36. The van der Waals surface area contributed by atoms with Gasteiger partial charge in [-0.15, -0.1) is 0 Å². The first-order valence-corrected chi connectivity index (χ1v) is 14.0. The molecule has 0 bridgehead atoms. The van der Waals surface area contributed by atoms with Crippen molar-refractivity contribution in [1.29, 1.82) is 0 Å². The van der Waals surface area contributed by atoms with E-state index in [9.17, 15) is 26.4 Å². The van der Waals surface area contributed by atoms with Gasteiger partial charge in [0.25, 0.3) is 5.91 Å². The van der Waals surface area contributed by atoms with Crippen LogP contribution in [0, 0.1) is 0 Å². The second-order valence-electron chi connectivity index (χ2n) is 10.0. The molecule has 4 rings (SSSR count). The number of hydrogen-bond acceptors (Lipinski definition) is 9. The number of primary amides is 1. The lowest BCUT2D eigenvalue weighted by molar-refractivity contribution is -0.106. The number of ether oxygens (including phenoxy) is 1. The molecule has 4 N–H and O–H groups in total. The molecule has 3 aromatic heterocycles. The predicted octanol–water partition coefficient (Wildman–Crippen LogP) is 4.22. The standard InChI is InChI=1S/C26H27F3N8O4S/c1-25(2,3)37-24(34-20-13-31-10-11-33-20)21(23(30)38)22(35-37)16-7-8-18(36-42(39,40)15-26(27,28)29)19(12-16)41-14-17-6-4-5-9-32-17/h4-13,36H,14-15H2,1-3H3,(H2,30,38)(H,33,34). The van der Waals surface area contributed by atoms with Crippen molar-refractivity contribution in [3.8, 4) is 17.0 Å². The van der Waals surface area contributed by atoms with E-state index >= 15 is 0 Å². The third-order valence-electron chi connectivity index (χ3n) is 5.55. The van der Waals surface area contributed by atoms with E-state index in [0.29, 0.717) is 11.5 Å². The van der Waals surface area contributed by atoms with Crippen molar-refractivity contribution in [2.45, 2.75) is 39.1 Å². The topological polar surface area (TPSA) is 167 Å². The van der Waals surface area contributed by atoms with Gasteiger partial charge in [0.15, 0.2) is 5.75 Å². The molecule has 0 saturated heterocycles. The van der Waals surface area contributed by atoms with Gasteiger partial charge in [0.2, 0.25) is 10.0 Å². The quantitative estimate of drug-likeness (QED) is 0.240. The van der Waals surface area contributed by atoms with Gasteiger partial charge in [-0.1, -0.05) is 12.1 Å². The molecule has 1 aromatic carbocycles. The van der Waals surface area contributed by atoms with E-state index in [2.05, 4.69) is 25.4 Å². The van der Waals surface area contributed by atoms with Crippen LogP contribution >= 0.6 is 0 Å². The van der Waals surface area contributed by atoms with Crippen molar-refractivity contribution in [2.75, 3.05) is 15.8 Å². The molecule has 0 aliphatic carbocycles. The Morgan fingerprint density at radius 3 is 2.43 bits per heavy atom. The summed E-state index contributed by atoms with van der Waals surface area (Å²) in [5.41, 5.74) is 5.70. The SMILES string of the molecule is CC(C)(C)n1nc(-c2ccc(NS(=O)(=O)CC(F)(F)F)c(OCc3ccccn3)c2)c(C(N)=O)c1Nc1cnccn1. The maximum Gasteiger partial charge on any atom is 0.404 e. The van der Waals surface area contributed by atoms with Crippen molar-refractivity contribution in [1.82, 2.24) is 24.7 Å². The van der Waals surface area contributed by atoms with Gasteiger partial charge in [-0.05, 0) is 45.0 Å². The predicted molar refractivity (Wildman–Crippen MR) is 149 cm³/mol. The Morgan fingerprint density at radius 2 is 1.83 bits per heavy atom. The van der Waals surface area contributed by atoms with Crippen LogP contribution in [0.4, 0.5) is 30.5 Å². The van der Waals surface area contributed by atoms with Gasteiger partial charge >= 0.3 is 6.18 Å². The van der Waals surface area contributed by atoms with Crippen molar-refractivity contribution < 1.29 is 31.1 Å². The molecule has 0 fully saturated rings. The zero-order chi connectivity index (χ0) is 30.7. The van der Waals surface area contributed by atoms with Crippen LogP contribution in [0.1, 0.15) is 36.8 Å². The van der Waals surface area contributed by atoms with Crippen LogP contribution in [0.15, 0.2) is 61.2 Å². The Bertz CT molecular complexity index is 1670. The van der Waals surface area contributed by atoms with E-state index in [1.54, 1.807) is 18.2 Å². The lowest BCUT2D eigenvalue weighted by atomic mass is 10.1. The summed E-state index contributed by atoms with van der Waals surface area (Å²) in [6.07, 6.45) is 0.920. The molecule has 0 unspecified atom stereocenters. The van der Waals surface area contributed by atoms with Gasteiger partial charge in [-0.25, -0.2) is 18.1 Å².